The minimum absolute atomic E-state index is 0.0785. The Morgan fingerprint density at radius 1 is 1.00 bits per heavy atom. The van der Waals surface area contributed by atoms with E-state index in [1.54, 1.807) is 12.1 Å². The highest BCUT2D eigenvalue weighted by Gasteiger charge is 2.38. The van der Waals surface area contributed by atoms with Gasteiger partial charge in [0.1, 0.15) is 17.4 Å². The summed E-state index contributed by atoms with van der Waals surface area (Å²) in [5.41, 5.74) is 1.62. The molecular weight excluding hydrogens is 400 g/mol. The van der Waals surface area contributed by atoms with Gasteiger partial charge in [0.05, 0.1) is 5.92 Å². The van der Waals surface area contributed by atoms with E-state index in [-0.39, 0.29) is 11.5 Å². The zero-order valence-corrected chi connectivity index (χ0v) is 17.1. The van der Waals surface area contributed by atoms with Crippen LogP contribution in [0, 0.1) is 11.3 Å². The molecule has 2 amide bonds. The number of carbonyl (C=O) groups is 2. The summed E-state index contributed by atoms with van der Waals surface area (Å²) in [6.45, 7) is 2.51. The fourth-order valence-electron chi connectivity index (χ4n) is 3.90. The van der Waals surface area contributed by atoms with Crippen LogP contribution < -0.4 is 4.74 Å². The minimum Gasteiger partial charge on any atom is -0.439 e. The summed E-state index contributed by atoms with van der Waals surface area (Å²) in [4.78, 5) is 25.4. The molecule has 0 unspecified atom stereocenters. The molecular formula is C24H17ClN2O3. The molecule has 1 aliphatic heterocycles. The Hall–Kier alpha value is -3.62. The van der Waals surface area contributed by atoms with E-state index in [1.165, 1.54) is 13.8 Å². The van der Waals surface area contributed by atoms with Gasteiger partial charge >= 0.3 is 0 Å². The molecule has 5 nitrogen and oxygen atoms in total. The van der Waals surface area contributed by atoms with Crippen molar-refractivity contribution >= 4 is 34.2 Å². The quantitative estimate of drug-likeness (QED) is 0.579. The Bertz CT molecular complexity index is 1260. The predicted octanol–water partition coefficient (Wildman–Crippen LogP) is 5.15. The van der Waals surface area contributed by atoms with E-state index in [4.69, 9.17) is 16.3 Å². The first-order valence-electron chi connectivity index (χ1n) is 9.33. The third-order valence-electron chi connectivity index (χ3n) is 5.11. The summed E-state index contributed by atoms with van der Waals surface area (Å²) in [5.74, 6) is -1.28. The summed E-state index contributed by atoms with van der Waals surface area (Å²) in [6.07, 6.45) is 0. The van der Waals surface area contributed by atoms with Crippen molar-refractivity contribution in [2.45, 2.75) is 19.8 Å². The van der Waals surface area contributed by atoms with Crippen molar-refractivity contribution in [1.29, 1.82) is 5.26 Å². The maximum Gasteiger partial charge on any atom is 0.233 e. The lowest BCUT2D eigenvalue weighted by Gasteiger charge is -2.32. The lowest BCUT2D eigenvalue weighted by molar-refractivity contribution is -0.141. The average Bonchev–Trinajstić information content (AvgIpc) is 2.72. The van der Waals surface area contributed by atoms with Crippen LogP contribution in [0.5, 0.6) is 5.75 Å². The standard InChI is InChI=1S/C24H17ClN2O3/c1-14(28)27(15(2)29)24-19(13-26)22(18-9-5-6-10-20(18)25)23-17-8-4-3-7-16(17)11-12-21(23)30-24/h3-12,22H,1-2H3/t22-/m1/s1. The van der Waals surface area contributed by atoms with E-state index < -0.39 is 17.7 Å². The van der Waals surface area contributed by atoms with Gasteiger partial charge in [0.2, 0.25) is 17.7 Å². The Balaban J connectivity index is 2.10. The second-order valence-electron chi connectivity index (χ2n) is 6.96. The number of amides is 2. The van der Waals surface area contributed by atoms with Crippen molar-refractivity contribution in [2.75, 3.05) is 0 Å². The van der Waals surface area contributed by atoms with Crippen LogP contribution >= 0.6 is 11.6 Å². The van der Waals surface area contributed by atoms with Crippen molar-refractivity contribution in [3.05, 3.63) is 88.3 Å². The highest BCUT2D eigenvalue weighted by atomic mass is 35.5. The molecule has 0 fully saturated rings. The van der Waals surface area contributed by atoms with Crippen LogP contribution in [0.15, 0.2) is 72.1 Å². The molecule has 1 atom stereocenters. The molecule has 0 N–H and O–H groups in total. The Kier molecular flexibility index (Phi) is 5.03. The van der Waals surface area contributed by atoms with E-state index in [0.29, 0.717) is 16.3 Å². The lowest BCUT2D eigenvalue weighted by Crippen LogP contribution is -2.37. The molecule has 1 aliphatic rings. The van der Waals surface area contributed by atoms with Crippen LogP contribution in [-0.2, 0) is 9.59 Å². The smallest absolute Gasteiger partial charge is 0.233 e. The molecule has 3 aromatic rings. The van der Waals surface area contributed by atoms with Crippen LogP contribution in [-0.4, -0.2) is 16.7 Å². The van der Waals surface area contributed by atoms with Gasteiger partial charge in [-0.05, 0) is 28.5 Å². The Morgan fingerprint density at radius 3 is 2.33 bits per heavy atom. The molecule has 4 rings (SSSR count). The Labute approximate surface area is 178 Å². The zero-order chi connectivity index (χ0) is 21.4. The molecule has 0 spiro atoms. The van der Waals surface area contributed by atoms with E-state index in [1.807, 2.05) is 48.5 Å². The normalized spacial score (nSPS) is 15.2. The molecule has 0 saturated heterocycles. The predicted molar refractivity (Wildman–Crippen MR) is 114 cm³/mol. The van der Waals surface area contributed by atoms with Crippen molar-refractivity contribution in [2.24, 2.45) is 0 Å². The highest BCUT2D eigenvalue weighted by molar-refractivity contribution is 6.31. The van der Waals surface area contributed by atoms with Crippen LogP contribution in [0.3, 0.4) is 0 Å². The number of fused-ring (bicyclic) bond motifs is 3. The van der Waals surface area contributed by atoms with E-state index >= 15 is 0 Å². The van der Waals surface area contributed by atoms with Gasteiger partial charge < -0.3 is 4.74 Å². The second-order valence-corrected chi connectivity index (χ2v) is 7.37. The third-order valence-corrected chi connectivity index (χ3v) is 5.46. The molecule has 0 aliphatic carbocycles. The number of allylic oxidation sites excluding steroid dienone is 1. The monoisotopic (exact) mass is 416 g/mol. The number of imide groups is 1. The number of benzene rings is 3. The second kappa shape index (κ2) is 7.66. The molecule has 0 saturated carbocycles. The Morgan fingerprint density at radius 2 is 1.67 bits per heavy atom. The number of carbonyl (C=O) groups excluding carboxylic acids is 2. The minimum atomic E-state index is -0.602. The van der Waals surface area contributed by atoms with Crippen molar-refractivity contribution in [3.8, 4) is 11.8 Å². The van der Waals surface area contributed by atoms with Gasteiger partial charge in [-0.25, -0.2) is 4.90 Å². The van der Waals surface area contributed by atoms with E-state index in [0.717, 1.165) is 21.2 Å². The highest BCUT2D eigenvalue weighted by Crippen LogP contribution is 2.48. The van der Waals surface area contributed by atoms with Gasteiger partial charge in [-0.1, -0.05) is 60.1 Å². The first-order valence-corrected chi connectivity index (χ1v) is 9.71. The summed E-state index contributed by atoms with van der Waals surface area (Å²) >= 11 is 6.53. The van der Waals surface area contributed by atoms with Crippen molar-refractivity contribution in [3.63, 3.8) is 0 Å². The number of hydrogen-bond acceptors (Lipinski definition) is 4. The van der Waals surface area contributed by atoms with Crippen molar-refractivity contribution in [1.82, 2.24) is 4.90 Å². The molecule has 0 aromatic heterocycles. The molecule has 0 bridgehead atoms. The van der Waals surface area contributed by atoms with Crippen molar-refractivity contribution < 1.29 is 14.3 Å². The maximum absolute atomic E-state index is 12.2. The van der Waals surface area contributed by atoms with Crippen LogP contribution in [0.1, 0.15) is 30.9 Å². The summed E-state index contributed by atoms with van der Waals surface area (Å²) < 4.78 is 6.02. The van der Waals surface area contributed by atoms with Crippen LogP contribution in [0.25, 0.3) is 10.8 Å². The fourth-order valence-corrected chi connectivity index (χ4v) is 4.14. The number of nitriles is 1. The summed E-state index contributed by atoms with van der Waals surface area (Å²) in [6, 6.07) is 20.9. The van der Waals surface area contributed by atoms with E-state index in [2.05, 4.69) is 6.07 Å². The number of nitrogens with zero attached hydrogens (tertiary/aromatic N) is 2. The topological polar surface area (TPSA) is 70.4 Å². The molecule has 30 heavy (non-hydrogen) atoms. The molecule has 1 heterocycles. The van der Waals surface area contributed by atoms with Gasteiger partial charge in [0, 0.05) is 24.4 Å². The summed E-state index contributed by atoms with van der Waals surface area (Å²) in [7, 11) is 0. The third kappa shape index (κ3) is 3.12. The van der Waals surface area contributed by atoms with Gasteiger partial charge in [0.25, 0.3) is 0 Å². The van der Waals surface area contributed by atoms with Gasteiger partial charge in [-0.3, -0.25) is 9.59 Å². The first kappa shape index (κ1) is 19.7. The number of halogens is 1. The largest absolute Gasteiger partial charge is 0.439 e. The van der Waals surface area contributed by atoms with Gasteiger partial charge in [-0.15, -0.1) is 0 Å². The SMILES string of the molecule is CC(=O)N(C(C)=O)C1=C(C#N)[C@@H](c2ccccc2Cl)c2c(ccc3ccccc23)O1. The van der Waals surface area contributed by atoms with Crippen LogP contribution in [0.2, 0.25) is 5.02 Å². The lowest BCUT2D eigenvalue weighted by atomic mass is 9.81. The fraction of sp³-hybridized carbons (Fsp3) is 0.125. The molecule has 6 heteroatoms. The molecule has 0 radical (unpaired) electrons. The first-order chi connectivity index (χ1) is 14.4. The number of rotatable bonds is 2. The number of hydrogen-bond donors (Lipinski definition) is 0. The van der Waals surface area contributed by atoms with E-state index in [9.17, 15) is 14.9 Å². The van der Waals surface area contributed by atoms with Crippen LogP contribution in [0.4, 0.5) is 0 Å². The number of ether oxygens (including phenoxy) is 1. The van der Waals surface area contributed by atoms with Gasteiger partial charge in [-0.2, -0.15) is 5.26 Å². The molecule has 148 valence electrons. The zero-order valence-electron chi connectivity index (χ0n) is 16.3. The average molecular weight is 417 g/mol. The molecule has 3 aromatic carbocycles. The van der Waals surface area contributed by atoms with Gasteiger partial charge in [0.15, 0.2) is 0 Å². The summed E-state index contributed by atoms with van der Waals surface area (Å²) in [5, 5.41) is 12.5. The maximum atomic E-state index is 12.2.